The number of allylic oxidation sites excluding steroid dienone is 5. The van der Waals surface area contributed by atoms with Crippen LogP contribution in [0.1, 0.15) is 68.5 Å². The number of rotatable bonds is 10. The first-order valence-electron chi connectivity index (χ1n) is 13.6. The second kappa shape index (κ2) is 15.1. The summed E-state index contributed by atoms with van der Waals surface area (Å²) in [4.78, 5) is 9.41. The number of ether oxygens (including phenoxy) is 1. The smallest absolute Gasteiger partial charge is 0.184 e. The Labute approximate surface area is 227 Å². The van der Waals surface area contributed by atoms with Gasteiger partial charge in [0.1, 0.15) is 0 Å². The van der Waals surface area contributed by atoms with Crippen molar-refractivity contribution in [3.05, 3.63) is 71.9 Å². The number of aromatic nitrogens is 4. The van der Waals surface area contributed by atoms with E-state index in [1.54, 1.807) is 0 Å². The second-order valence-corrected chi connectivity index (χ2v) is 9.53. The number of hydrogen-bond donors (Lipinski definition) is 2. The van der Waals surface area contributed by atoms with Crippen molar-refractivity contribution in [2.24, 2.45) is 15.9 Å². The standard InChI is InChI=1S/C25H33N7.C5H10O/c1-7-9-10-18(4)27-12-11-20(13-17(3)8-2)21-14-29-32-23(21)16-28-22(15-26-6)24-19(5)30-31-25(24)32;1-2-4-6-5-3-1/h8-10,12-14,17,26H,2,4,7,11,15-16H2,1,3,5-6H3,(H,30,31);1-5H2/b10-9-,20-13+,27-12?;. The third-order valence-electron chi connectivity index (χ3n) is 6.42. The third kappa shape index (κ3) is 7.82. The summed E-state index contributed by atoms with van der Waals surface area (Å²) in [6.07, 6.45) is 17.5. The Kier molecular flexibility index (Phi) is 11.6. The van der Waals surface area contributed by atoms with E-state index in [2.05, 4.69) is 59.7 Å². The number of nitrogens with one attached hydrogen (secondary N) is 2. The number of aliphatic imine (C=N–C) groups is 2. The molecule has 1 fully saturated rings. The molecule has 1 saturated heterocycles. The molecule has 0 amide bonds. The number of hydrogen-bond acceptors (Lipinski definition) is 6. The van der Waals surface area contributed by atoms with Crippen molar-refractivity contribution in [3.8, 4) is 5.82 Å². The minimum absolute atomic E-state index is 0.217. The summed E-state index contributed by atoms with van der Waals surface area (Å²) < 4.78 is 6.98. The molecule has 4 heterocycles. The van der Waals surface area contributed by atoms with E-state index in [9.17, 15) is 0 Å². The summed E-state index contributed by atoms with van der Waals surface area (Å²) in [5.74, 6) is 1.01. The number of fused-ring (bicyclic) bond motifs is 3. The van der Waals surface area contributed by atoms with E-state index in [1.807, 2.05) is 43.2 Å². The Morgan fingerprint density at radius 1 is 1.32 bits per heavy atom. The molecule has 0 spiro atoms. The van der Waals surface area contributed by atoms with E-state index in [-0.39, 0.29) is 5.92 Å². The highest BCUT2D eigenvalue weighted by molar-refractivity contribution is 6.05. The molecule has 2 aromatic heterocycles. The molecule has 1 unspecified atom stereocenters. The predicted molar refractivity (Wildman–Crippen MR) is 158 cm³/mol. The first-order chi connectivity index (χ1) is 18.5. The molecule has 0 radical (unpaired) electrons. The highest BCUT2D eigenvalue weighted by atomic mass is 16.5. The molecule has 38 heavy (non-hydrogen) atoms. The van der Waals surface area contributed by atoms with Crippen LogP contribution < -0.4 is 5.32 Å². The maximum absolute atomic E-state index is 5.07. The fourth-order valence-electron chi connectivity index (χ4n) is 4.35. The van der Waals surface area contributed by atoms with E-state index in [0.717, 1.165) is 64.9 Å². The zero-order valence-electron chi connectivity index (χ0n) is 23.5. The maximum atomic E-state index is 5.07. The molecule has 204 valence electrons. The van der Waals surface area contributed by atoms with Crippen molar-refractivity contribution >= 4 is 17.5 Å². The molecule has 8 nitrogen and oxygen atoms in total. The lowest BCUT2D eigenvalue weighted by molar-refractivity contribution is 0.0968. The second-order valence-electron chi connectivity index (χ2n) is 9.53. The zero-order chi connectivity index (χ0) is 27.3. The zero-order valence-corrected chi connectivity index (χ0v) is 23.5. The van der Waals surface area contributed by atoms with Gasteiger partial charge in [0.25, 0.3) is 0 Å². The molecular formula is C30H43N7O. The Balaban J connectivity index is 0.000000585. The van der Waals surface area contributed by atoms with Crippen LogP contribution in [0.25, 0.3) is 11.4 Å². The van der Waals surface area contributed by atoms with Crippen molar-refractivity contribution in [1.29, 1.82) is 0 Å². The van der Waals surface area contributed by atoms with E-state index >= 15 is 0 Å². The number of likely N-dealkylation sites (N-methyl/N-ethyl adjacent to an activating group) is 1. The van der Waals surface area contributed by atoms with Gasteiger partial charge in [-0.25, -0.2) is 4.68 Å². The van der Waals surface area contributed by atoms with Gasteiger partial charge in [-0.05, 0) is 57.2 Å². The van der Waals surface area contributed by atoms with Crippen LogP contribution in [0.5, 0.6) is 0 Å². The lowest BCUT2D eigenvalue weighted by Crippen LogP contribution is -2.20. The summed E-state index contributed by atoms with van der Waals surface area (Å²) >= 11 is 0. The lowest BCUT2D eigenvalue weighted by atomic mass is 9.98. The fourth-order valence-corrected chi connectivity index (χ4v) is 4.35. The highest BCUT2D eigenvalue weighted by Gasteiger charge is 2.25. The van der Waals surface area contributed by atoms with Gasteiger partial charge < -0.3 is 10.1 Å². The van der Waals surface area contributed by atoms with Gasteiger partial charge in [-0.3, -0.25) is 15.1 Å². The fraction of sp³-hybridized carbons (Fsp3) is 0.467. The maximum Gasteiger partial charge on any atom is 0.184 e. The topological polar surface area (TPSA) is 92.5 Å². The van der Waals surface area contributed by atoms with Gasteiger partial charge in [0.05, 0.1) is 35.4 Å². The number of aryl methyl sites for hydroxylation is 1. The molecule has 0 aliphatic carbocycles. The normalized spacial score (nSPS) is 16.3. The van der Waals surface area contributed by atoms with Crippen LogP contribution in [0, 0.1) is 12.8 Å². The van der Waals surface area contributed by atoms with Crippen LogP contribution in [0.4, 0.5) is 0 Å². The van der Waals surface area contributed by atoms with Crippen molar-refractivity contribution in [3.63, 3.8) is 0 Å². The number of nitrogens with zero attached hydrogens (tertiary/aromatic N) is 5. The SMILES string of the molecule is C1CCOCC1.C=CC(C)/C=C(\CC=NC(=C)/C=C\CC)c1cnn2c1CN=C(CNC)c1c-2n[nH]c1C. The first kappa shape index (κ1) is 29.2. The van der Waals surface area contributed by atoms with E-state index in [4.69, 9.17) is 14.8 Å². The average Bonchev–Trinajstić information content (AvgIpc) is 3.49. The summed E-state index contributed by atoms with van der Waals surface area (Å²) in [6.45, 7) is 17.4. The number of H-pyrrole nitrogens is 1. The van der Waals surface area contributed by atoms with E-state index < -0.39 is 0 Å². The van der Waals surface area contributed by atoms with Crippen molar-refractivity contribution in [2.45, 2.75) is 59.4 Å². The van der Waals surface area contributed by atoms with Crippen molar-refractivity contribution in [1.82, 2.24) is 25.3 Å². The van der Waals surface area contributed by atoms with Crippen LogP contribution in [-0.2, 0) is 11.3 Å². The van der Waals surface area contributed by atoms with Crippen molar-refractivity contribution < 1.29 is 4.74 Å². The molecule has 2 aromatic rings. The molecule has 2 aliphatic rings. The molecule has 0 aromatic carbocycles. The third-order valence-corrected chi connectivity index (χ3v) is 6.42. The first-order valence-corrected chi connectivity index (χ1v) is 13.6. The molecule has 2 N–H and O–H groups in total. The predicted octanol–water partition coefficient (Wildman–Crippen LogP) is 5.76. The van der Waals surface area contributed by atoms with E-state index in [1.165, 1.54) is 19.3 Å². The molecule has 4 rings (SSSR count). The minimum atomic E-state index is 0.217. The summed E-state index contributed by atoms with van der Waals surface area (Å²) in [5, 5.41) is 15.5. The van der Waals surface area contributed by atoms with Crippen LogP contribution >= 0.6 is 0 Å². The summed E-state index contributed by atoms with van der Waals surface area (Å²) in [6, 6.07) is 0. The molecule has 8 heteroatoms. The summed E-state index contributed by atoms with van der Waals surface area (Å²) in [7, 11) is 1.92. The van der Waals surface area contributed by atoms with Gasteiger partial charge in [-0.2, -0.15) is 10.2 Å². The highest BCUT2D eigenvalue weighted by Crippen LogP contribution is 2.29. The van der Waals surface area contributed by atoms with Gasteiger partial charge in [0, 0.05) is 43.7 Å². The molecule has 0 saturated carbocycles. The van der Waals surface area contributed by atoms with Gasteiger partial charge in [0.2, 0.25) is 0 Å². The largest absolute Gasteiger partial charge is 0.381 e. The van der Waals surface area contributed by atoms with Gasteiger partial charge in [0.15, 0.2) is 5.82 Å². The Morgan fingerprint density at radius 2 is 2.11 bits per heavy atom. The lowest BCUT2D eigenvalue weighted by Gasteiger charge is -2.09. The minimum Gasteiger partial charge on any atom is -0.381 e. The molecule has 2 aliphatic heterocycles. The van der Waals surface area contributed by atoms with E-state index in [0.29, 0.717) is 19.5 Å². The van der Waals surface area contributed by atoms with Gasteiger partial charge in [-0.15, -0.1) is 6.58 Å². The quantitative estimate of drug-likeness (QED) is 0.238. The Hall–Kier alpha value is -3.36. The number of aromatic amines is 1. The van der Waals surface area contributed by atoms with Crippen LogP contribution in [0.15, 0.2) is 59.3 Å². The summed E-state index contributed by atoms with van der Waals surface area (Å²) in [5.41, 5.74) is 6.94. The van der Waals surface area contributed by atoms with Crippen molar-refractivity contribution in [2.75, 3.05) is 26.8 Å². The molecular weight excluding hydrogens is 474 g/mol. The molecule has 1 atom stereocenters. The van der Waals surface area contributed by atoms with Crippen LogP contribution in [0.3, 0.4) is 0 Å². The van der Waals surface area contributed by atoms with Gasteiger partial charge in [-0.1, -0.05) is 38.7 Å². The van der Waals surface area contributed by atoms with Gasteiger partial charge >= 0.3 is 0 Å². The van der Waals surface area contributed by atoms with Crippen LogP contribution in [-0.4, -0.2) is 58.7 Å². The Bertz CT molecular complexity index is 1180. The average molecular weight is 518 g/mol. The van der Waals surface area contributed by atoms with Crippen LogP contribution in [0.2, 0.25) is 0 Å². The monoisotopic (exact) mass is 517 g/mol. The molecule has 0 bridgehead atoms. The Morgan fingerprint density at radius 3 is 2.74 bits per heavy atom.